The SMILES string of the molecule is O=[P+]([O-])C(CO)[P+](=O)[O-]. The van der Waals surface area contributed by atoms with Crippen molar-refractivity contribution in [2.24, 2.45) is 0 Å². The number of hydrogen-bond acceptors (Lipinski definition) is 5. The molecule has 0 spiro atoms. The molecule has 0 aliphatic carbocycles. The van der Waals surface area contributed by atoms with Crippen LogP contribution in [0.3, 0.4) is 0 Å². The van der Waals surface area contributed by atoms with Gasteiger partial charge in [0.1, 0.15) is 6.61 Å². The van der Waals surface area contributed by atoms with Gasteiger partial charge in [0.15, 0.2) is 0 Å². The molecule has 0 heterocycles. The lowest BCUT2D eigenvalue weighted by atomic mass is 10.9. The van der Waals surface area contributed by atoms with Crippen LogP contribution >= 0.6 is 16.1 Å². The van der Waals surface area contributed by atoms with Crippen molar-refractivity contribution in [3.63, 3.8) is 0 Å². The summed E-state index contributed by atoms with van der Waals surface area (Å²) in [6.45, 7) is -0.864. The van der Waals surface area contributed by atoms with Gasteiger partial charge in [0.25, 0.3) is 0 Å². The minimum Gasteiger partial charge on any atom is -0.592 e. The lowest BCUT2D eigenvalue weighted by Gasteiger charge is -1.92. The van der Waals surface area contributed by atoms with Crippen LogP contribution in [0.15, 0.2) is 0 Å². The highest BCUT2D eigenvalue weighted by atomic mass is 31.2. The second kappa shape index (κ2) is 3.99. The topological polar surface area (TPSA) is 100 Å². The van der Waals surface area contributed by atoms with Crippen LogP contribution in [-0.2, 0) is 9.13 Å². The third-order valence-electron chi connectivity index (χ3n) is 0.650. The molecule has 9 heavy (non-hydrogen) atoms. The maximum absolute atomic E-state index is 9.87. The Hall–Kier alpha value is 0.0800. The molecule has 2 unspecified atom stereocenters. The van der Waals surface area contributed by atoms with Crippen LogP contribution in [0, 0.1) is 0 Å². The average molecular weight is 170 g/mol. The summed E-state index contributed by atoms with van der Waals surface area (Å²) in [6.07, 6.45) is 0. The van der Waals surface area contributed by atoms with Gasteiger partial charge in [0, 0.05) is 0 Å². The molecule has 0 aliphatic rings. The zero-order valence-corrected chi connectivity index (χ0v) is 6.05. The Morgan fingerprint density at radius 2 is 1.67 bits per heavy atom. The lowest BCUT2D eigenvalue weighted by Crippen LogP contribution is -2.13. The van der Waals surface area contributed by atoms with Crippen LogP contribution < -0.4 is 9.79 Å². The first kappa shape index (κ1) is 9.08. The van der Waals surface area contributed by atoms with Crippen LogP contribution in [0.5, 0.6) is 0 Å². The molecule has 7 heteroatoms. The zero-order valence-electron chi connectivity index (χ0n) is 4.26. The van der Waals surface area contributed by atoms with E-state index in [1.54, 1.807) is 0 Å². The predicted molar refractivity (Wildman–Crippen MR) is 26.1 cm³/mol. The van der Waals surface area contributed by atoms with Crippen LogP contribution in [0.25, 0.3) is 0 Å². The summed E-state index contributed by atoms with van der Waals surface area (Å²) in [6, 6.07) is 0. The first-order chi connectivity index (χ1) is 4.09. The van der Waals surface area contributed by atoms with Crippen LogP contribution in [0.2, 0.25) is 0 Å². The first-order valence-corrected chi connectivity index (χ1v) is 4.46. The average Bonchev–Trinajstić information content (AvgIpc) is 1.64. The van der Waals surface area contributed by atoms with Gasteiger partial charge in [-0.1, -0.05) is 9.13 Å². The maximum Gasteiger partial charge on any atom is 0.367 e. The molecule has 1 N–H and O–H groups in total. The minimum absolute atomic E-state index is 0.864. The third kappa shape index (κ3) is 2.94. The molecule has 0 saturated heterocycles. The van der Waals surface area contributed by atoms with Gasteiger partial charge in [-0.05, 0) is 0 Å². The Labute approximate surface area is 53.1 Å². The van der Waals surface area contributed by atoms with E-state index < -0.39 is 28.1 Å². The molecule has 0 bridgehead atoms. The molecular formula is C2H4O5P2. The third-order valence-corrected chi connectivity index (χ3v) is 3.08. The summed E-state index contributed by atoms with van der Waals surface area (Å²) >= 11 is 0. The normalized spacial score (nSPS) is 16.8. The van der Waals surface area contributed by atoms with Crippen molar-refractivity contribution in [1.82, 2.24) is 0 Å². The van der Waals surface area contributed by atoms with Crippen molar-refractivity contribution >= 4 is 16.1 Å². The fourth-order valence-electron chi connectivity index (χ4n) is 0.210. The fourth-order valence-corrected chi connectivity index (χ4v) is 1.09. The Kier molecular flexibility index (Phi) is 4.02. The van der Waals surface area contributed by atoms with Crippen LogP contribution in [0.1, 0.15) is 0 Å². The molecule has 0 fully saturated rings. The smallest absolute Gasteiger partial charge is 0.367 e. The summed E-state index contributed by atoms with van der Waals surface area (Å²) in [5, 5.41) is 6.48. The second-order valence-electron chi connectivity index (χ2n) is 1.23. The number of aliphatic hydroxyl groups is 1. The summed E-state index contributed by atoms with van der Waals surface area (Å²) in [5.41, 5.74) is 0. The van der Waals surface area contributed by atoms with Gasteiger partial charge in [0.2, 0.25) is 0 Å². The molecule has 2 atom stereocenters. The Bertz CT molecular complexity index is 119. The van der Waals surface area contributed by atoms with Crippen molar-refractivity contribution in [3.05, 3.63) is 0 Å². The van der Waals surface area contributed by atoms with Gasteiger partial charge in [-0.2, -0.15) is 0 Å². The highest BCUT2D eigenvalue weighted by molar-refractivity contribution is 7.56. The molecular weight excluding hydrogens is 166 g/mol. The van der Waals surface area contributed by atoms with Crippen molar-refractivity contribution in [1.29, 1.82) is 0 Å². The lowest BCUT2D eigenvalue weighted by molar-refractivity contribution is -0.175. The maximum atomic E-state index is 9.87. The molecule has 0 saturated carbocycles. The Balaban J connectivity index is 3.99. The Morgan fingerprint density at radius 1 is 1.33 bits per heavy atom. The van der Waals surface area contributed by atoms with E-state index in [9.17, 15) is 18.9 Å². The van der Waals surface area contributed by atoms with E-state index in [0.29, 0.717) is 0 Å². The first-order valence-electron chi connectivity index (χ1n) is 1.97. The van der Waals surface area contributed by atoms with Gasteiger partial charge in [0.05, 0.1) is 0 Å². The number of aliphatic hydroxyl groups excluding tert-OH is 1. The van der Waals surface area contributed by atoms with Crippen molar-refractivity contribution in [2.45, 2.75) is 5.40 Å². The fraction of sp³-hybridized carbons (Fsp3) is 1.00. The highest BCUT2D eigenvalue weighted by Crippen LogP contribution is 2.33. The molecule has 0 aromatic rings. The van der Waals surface area contributed by atoms with Gasteiger partial charge < -0.3 is 14.9 Å². The van der Waals surface area contributed by atoms with E-state index in [4.69, 9.17) is 5.11 Å². The largest absolute Gasteiger partial charge is 0.592 e. The van der Waals surface area contributed by atoms with Crippen molar-refractivity contribution < 1.29 is 24.0 Å². The van der Waals surface area contributed by atoms with Crippen LogP contribution in [-0.4, -0.2) is 17.1 Å². The predicted octanol–water partition coefficient (Wildman–Crippen LogP) is -1.49. The van der Waals surface area contributed by atoms with E-state index in [-0.39, 0.29) is 0 Å². The zero-order chi connectivity index (χ0) is 7.44. The highest BCUT2D eigenvalue weighted by Gasteiger charge is 2.33. The van der Waals surface area contributed by atoms with Gasteiger partial charge in [-0.3, -0.25) is 0 Å². The van der Waals surface area contributed by atoms with E-state index in [1.165, 1.54) is 0 Å². The molecule has 0 amide bonds. The van der Waals surface area contributed by atoms with Crippen molar-refractivity contribution in [3.8, 4) is 0 Å². The minimum atomic E-state index is -3.05. The van der Waals surface area contributed by atoms with Gasteiger partial charge in [-0.25, -0.2) is 0 Å². The van der Waals surface area contributed by atoms with E-state index >= 15 is 0 Å². The number of rotatable bonds is 3. The molecule has 0 radical (unpaired) electrons. The standard InChI is InChI=1S/C2H4O5P2/c3-1-2(8(4)5)9(6)7/h2-3H,1H2. The van der Waals surface area contributed by atoms with E-state index in [1.807, 2.05) is 0 Å². The molecule has 5 nitrogen and oxygen atoms in total. The van der Waals surface area contributed by atoms with E-state index in [0.717, 1.165) is 0 Å². The van der Waals surface area contributed by atoms with Crippen molar-refractivity contribution in [2.75, 3.05) is 6.61 Å². The summed E-state index contributed by atoms with van der Waals surface area (Å²) in [4.78, 5) is 19.7. The van der Waals surface area contributed by atoms with Crippen LogP contribution in [0.4, 0.5) is 0 Å². The monoisotopic (exact) mass is 170 g/mol. The quantitative estimate of drug-likeness (QED) is 0.520. The van der Waals surface area contributed by atoms with Gasteiger partial charge in [-0.15, -0.1) is 0 Å². The summed E-state index contributed by atoms with van der Waals surface area (Å²) in [7, 11) is -6.10. The molecule has 0 rings (SSSR count). The molecule has 0 aliphatic heterocycles. The molecule has 0 aromatic heterocycles. The molecule has 52 valence electrons. The van der Waals surface area contributed by atoms with E-state index in [2.05, 4.69) is 0 Å². The Morgan fingerprint density at radius 3 is 1.67 bits per heavy atom. The molecule has 0 aromatic carbocycles. The second-order valence-corrected chi connectivity index (χ2v) is 4.03. The summed E-state index contributed by atoms with van der Waals surface area (Å²) < 4.78 is 19.7. The van der Waals surface area contributed by atoms with Gasteiger partial charge >= 0.3 is 21.5 Å². The number of hydrogen-bond donors (Lipinski definition) is 1. The summed E-state index contributed by atoms with van der Waals surface area (Å²) in [5.74, 6) is 0.